The molecule has 4 rings (SSSR count). The Balaban J connectivity index is 1.67. The zero-order chi connectivity index (χ0) is 25.7. The molecule has 13 heteroatoms. The Morgan fingerprint density at radius 1 is 1.11 bits per heavy atom. The summed E-state index contributed by atoms with van der Waals surface area (Å²) in [5.74, 6) is 0.926. The van der Waals surface area contributed by atoms with E-state index >= 15 is 0 Å². The van der Waals surface area contributed by atoms with Gasteiger partial charge in [0, 0.05) is 20.1 Å². The molecule has 3 aromatic rings. The van der Waals surface area contributed by atoms with Crippen LogP contribution in [-0.2, 0) is 19.6 Å². The van der Waals surface area contributed by atoms with Crippen LogP contribution < -0.4 is 14.2 Å². The van der Waals surface area contributed by atoms with E-state index < -0.39 is 10.0 Å². The van der Waals surface area contributed by atoms with E-state index in [0.29, 0.717) is 36.0 Å². The van der Waals surface area contributed by atoms with Crippen molar-refractivity contribution < 1.29 is 31.8 Å². The molecule has 1 aliphatic heterocycles. The molecular weight excluding hydrogens is 490 g/mol. The molecule has 36 heavy (non-hydrogen) atoms. The first kappa shape index (κ1) is 25.5. The maximum absolute atomic E-state index is 13.2. The summed E-state index contributed by atoms with van der Waals surface area (Å²) in [6, 6.07) is 8.37. The number of nitrogens with one attached hydrogen (secondary N) is 1. The number of benzene rings is 1. The number of carbonyl (C=O) groups is 1. The Hall–Kier alpha value is -3.58. The molecule has 0 saturated carbocycles. The summed E-state index contributed by atoms with van der Waals surface area (Å²) in [6.45, 7) is 0.382. The number of carbonyl (C=O) groups excluding carboxylic acids is 1. The van der Waals surface area contributed by atoms with E-state index in [0.717, 1.165) is 12.8 Å². The summed E-state index contributed by atoms with van der Waals surface area (Å²) in [7, 11) is 0.602. The fraction of sp³-hybridized carbons (Fsp3) is 0.435. The number of methoxy groups -OCH3 is 3. The fourth-order valence-corrected chi connectivity index (χ4v) is 5.20. The number of aromatic nitrogens is 3. The number of hydrogen-bond acceptors (Lipinski definition) is 9. The first-order valence-electron chi connectivity index (χ1n) is 11.4. The van der Waals surface area contributed by atoms with Gasteiger partial charge in [-0.15, -0.1) is 10.2 Å². The lowest BCUT2D eigenvalue weighted by molar-refractivity contribution is -0.137. The van der Waals surface area contributed by atoms with Gasteiger partial charge in [-0.1, -0.05) is 6.07 Å². The van der Waals surface area contributed by atoms with Gasteiger partial charge < -0.3 is 23.5 Å². The maximum Gasteiger partial charge on any atom is 0.243 e. The zero-order valence-electron chi connectivity index (χ0n) is 20.3. The lowest BCUT2D eigenvalue weighted by Crippen LogP contribution is -2.48. The summed E-state index contributed by atoms with van der Waals surface area (Å²) in [6.07, 6.45) is 3.39. The standard InChI is InChI=1S/C23H29N5O7S/c1-32-15-16-7-4-11-20(29)27(16)12-14-36(30,31)26-23-25-24-22(19-10-6-13-35-19)28(23)21-17(33-2)8-5-9-18(21)34-3/h5-6,8-10,13,16H,4,7,11-12,14-15H2,1-3H3,(H,25,26)/t16-/m1/s1. The number of piperidine rings is 1. The van der Waals surface area contributed by atoms with E-state index in [1.165, 1.54) is 25.0 Å². The van der Waals surface area contributed by atoms with Crippen LogP contribution in [0.1, 0.15) is 19.3 Å². The van der Waals surface area contributed by atoms with Gasteiger partial charge in [0.25, 0.3) is 0 Å². The third kappa shape index (κ3) is 5.31. The minimum atomic E-state index is -3.94. The second-order valence-corrected chi connectivity index (χ2v) is 10.0. The van der Waals surface area contributed by atoms with Crippen LogP contribution in [0.2, 0.25) is 0 Å². The maximum atomic E-state index is 13.2. The van der Waals surface area contributed by atoms with Crippen LogP contribution in [0.4, 0.5) is 5.95 Å². The highest BCUT2D eigenvalue weighted by molar-refractivity contribution is 7.92. The van der Waals surface area contributed by atoms with Gasteiger partial charge in [0.2, 0.25) is 27.7 Å². The summed E-state index contributed by atoms with van der Waals surface area (Å²) >= 11 is 0. The molecule has 1 fully saturated rings. The van der Waals surface area contributed by atoms with Gasteiger partial charge in [-0.3, -0.25) is 14.1 Å². The molecule has 0 spiro atoms. The van der Waals surface area contributed by atoms with Gasteiger partial charge in [-0.2, -0.15) is 0 Å². The van der Waals surface area contributed by atoms with Crippen molar-refractivity contribution in [2.45, 2.75) is 25.3 Å². The second kappa shape index (κ2) is 11.0. The summed E-state index contributed by atoms with van der Waals surface area (Å²) in [4.78, 5) is 14.0. The Morgan fingerprint density at radius 2 is 1.86 bits per heavy atom. The van der Waals surface area contributed by atoms with Crippen molar-refractivity contribution in [1.82, 2.24) is 19.7 Å². The van der Waals surface area contributed by atoms with E-state index in [1.54, 1.807) is 42.3 Å². The van der Waals surface area contributed by atoms with E-state index in [1.807, 2.05) is 0 Å². The van der Waals surface area contributed by atoms with Crippen molar-refractivity contribution >= 4 is 21.9 Å². The van der Waals surface area contributed by atoms with E-state index in [4.69, 9.17) is 18.6 Å². The number of anilines is 1. The quantitative estimate of drug-likeness (QED) is 0.404. The number of hydrogen-bond donors (Lipinski definition) is 1. The van der Waals surface area contributed by atoms with Crippen LogP contribution in [0.5, 0.6) is 11.5 Å². The number of para-hydroxylation sites is 1. The van der Waals surface area contributed by atoms with Crippen LogP contribution in [0.15, 0.2) is 41.0 Å². The normalized spacial score (nSPS) is 16.2. The number of likely N-dealkylation sites (tertiary alicyclic amines) is 1. The minimum absolute atomic E-state index is 0.0271. The SMILES string of the molecule is COC[C@H]1CCCC(=O)N1CCS(=O)(=O)Nc1nnc(-c2ccco2)n1-c1c(OC)cccc1OC. The van der Waals surface area contributed by atoms with Gasteiger partial charge in [-0.05, 0) is 37.1 Å². The Bertz CT molecular complexity index is 1270. The van der Waals surface area contributed by atoms with E-state index in [-0.39, 0.29) is 36.0 Å². The lowest BCUT2D eigenvalue weighted by atomic mass is 10.0. The number of amides is 1. The van der Waals surface area contributed by atoms with E-state index in [2.05, 4.69) is 14.9 Å². The number of nitrogens with zero attached hydrogens (tertiary/aromatic N) is 4. The molecule has 3 heterocycles. The smallest absolute Gasteiger partial charge is 0.243 e. The topological polar surface area (TPSA) is 138 Å². The van der Waals surface area contributed by atoms with Crippen molar-refractivity contribution in [2.75, 3.05) is 45.0 Å². The molecule has 0 unspecified atom stereocenters. The van der Waals surface area contributed by atoms with Crippen molar-refractivity contribution in [3.8, 4) is 28.8 Å². The molecule has 0 bridgehead atoms. The first-order valence-corrected chi connectivity index (χ1v) is 13.0. The first-order chi connectivity index (χ1) is 17.4. The molecular formula is C23H29N5O7S. The molecule has 1 amide bonds. The van der Waals surface area contributed by atoms with Gasteiger partial charge in [0.1, 0.15) is 17.2 Å². The molecule has 0 radical (unpaired) electrons. The number of ether oxygens (including phenoxy) is 3. The van der Waals surface area contributed by atoms with Crippen molar-refractivity contribution in [2.24, 2.45) is 0 Å². The minimum Gasteiger partial charge on any atom is -0.494 e. The summed E-state index contributed by atoms with van der Waals surface area (Å²) in [5.41, 5.74) is 0.392. The summed E-state index contributed by atoms with van der Waals surface area (Å²) in [5, 5.41) is 8.26. The van der Waals surface area contributed by atoms with Gasteiger partial charge in [-0.25, -0.2) is 8.42 Å². The predicted octanol–water partition coefficient (Wildman–Crippen LogP) is 2.31. The third-order valence-electron chi connectivity index (χ3n) is 5.93. The van der Waals surface area contributed by atoms with Crippen LogP contribution >= 0.6 is 0 Å². The fourth-order valence-electron chi connectivity index (χ4n) is 4.25. The van der Waals surface area contributed by atoms with Gasteiger partial charge >= 0.3 is 0 Å². The lowest BCUT2D eigenvalue weighted by Gasteiger charge is -2.35. The Morgan fingerprint density at radius 3 is 2.50 bits per heavy atom. The second-order valence-electron chi connectivity index (χ2n) is 8.18. The van der Waals surface area contributed by atoms with Crippen LogP contribution in [0.25, 0.3) is 17.3 Å². The number of rotatable bonds is 11. The highest BCUT2D eigenvalue weighted by Crippen LogP contribution is 2.37. The Labute approximate surface area is 209 Å². The van der Waals surface area contributed by atoms with Crippen molar-refractivity contribution in [3.63, 3.8) is 0 Å². The Kier molecular flexibility index (Phi) is 7.79. The molecule has 1 aliphatic rings. The molecule has 1 N–H and O–H groups in total. The van der Waals surface area contributed by atoms with Crippen LogP contribution in [0, 0.1) is 0 Å². The van der Waals surface area contributed by atoms with E-state index in [9.17, 15) is 13.2 Å². The highest BCUT2D eigenvalue weighted by atomic mass is 32.2. The summed E-state index contributed by atoms with van der Waals surface area (Å²) < 4.78 is 52.1. The molecule has 0 aliphatic carbocycles. The molecule has 1 saturated heterocycles. The van der Waals surface area contributed by atoms with Crippen molar-refractivity contribution in [3.05, 3.63) is 36.6 Å². The molecule has 2 aromatic heterocycles. The average Bonchev–Trinajstić information content (AvgIpc) is 3.53. The van der Waals surface area contributed by atoms with Crippen LogP contribution in [0.3, 0.4) is 0 Å². The zero-order valence-corrected chi connectivity index (χ0v) is 21.2. The van der Waals surface area contributed by atoms with Gasteiger partial charge in [0.15, 0.2) is 5.76 Å². The van der Waals surface area contributed by atoms with Crippen LogP contribution in [-0.4, -0.2) is 80.3 Å². The molecule has 194 valence electrons. The van der Waals surface area contributed by atoms with Crippen molar-refractivity contribution in [1.29, 1.82) is 0 Å². The molecule has 12 nitrogen and oxygen atoms in total. The predicted molar refractivity (Wildman–Crippen MR) is 131 cm³/mol. The molecule has 1 aromatic carbocycles. The largest absolute Gasteiger partial charge is 0.494 e. The molecule has 1 atom stereocenters. The third-order valence-corrected chi connectivity index (χ3v) is 7.14. The monoisotopic (exact) mass is 519 g/mol. The average molecular weight is 520 g/mol. The highest BCUT2D eigenvalue weighted by Gasteiger charge is 2.30. The number of sulfonamides is 1. The van der Waals surface area contributed by atoms with Gasteiger partial charge in [0.05, 0.1) is 38.9 Å². The number of furan rings is 1.